The van der Waals surface area contributed by atoms with Gasteiger partial charge in [0.2, 0.25) is 0 Å². The van der Waals surface area contributed by atoms with Gasteiger partial charge in [-0.05, 0) is 103 Å². The van der Waals surface area contributed by atoms with E-state index in [-0.39, 0.29) is 124 Å². The number of hydrogen-bond acceptors (Lipinski definition) is 10. The zero-order valence-corrected chi connectivity index (χ0v) is 45.9. The van der Waals surface area contributed by atoms with Crippen LogP contribution in [0.2, 0.25) is 0 Å². The molecule has 2 aliphatic rings. The van der Waals surface area contributed by atoms with Crippen LogP contribution in [0.25, 0.3) is 0 Å². The van der Waals surface area contributed by atoms with E-state index in [0.717, 1.165) is 11.1 Å². The van der Waals surface area contributed by atoms with Crippen LogP contribution < -0.4 is 0 Å². The number of hydrogen-bond donors (Lipinski definition) is 0. The predicted molar refractivity (Wildman–Crippen MR) is 284 cm³/mol. The monoisotopic (exact) mass is 1060 g/mol. The quantitative estimate of drug-likeness (QED) is 0.0695. The average Bonchev–Trinajstić information content (AvgIpc) is 3.37. The highest BCUT2D eigenvalue weighted by Crippen LogP contribution is 2.39. The normalized spacial score (nSPS) is 18.1. The van der Waals surface area contributed by atoms with Crippen molar-refractivity contribution in [3.05, 3.63) is 130 Å². The van der Waals surface area contributed by atoms with Gasteiger partial charge in [-0.15, -0.1) is 0 Å². The number of benzene rings is 2. The van der Waals surface area contributed by atoms with Crippen molar-refractivity contribution in [1.82, 2.24) is 19.8 Å². The molecule has 2 aromatic carbocycles. The van der Waals surface area contributed by atoms with Crippen LogP contribution in [-0.4, -0.2) is 104 Å². The molecule has 16 heteroatoms. The van der Waals surface area contributed by atoms with Crippen molar-refractivity contribution in [3.8, 4) is 0 Å². The fraction of sp³-hybridized carbons (Fsp3) is 0.533. The van der Waals surface area contributed by atoms with Crippen molar-refractivity contribution < 1.29 is 55.8 Å². The molecule has 4 aromatic rings. The number of ether oxygens (including phenoxy) is 2. The lowest BCUT2D eigenvalue weighted by Crippen LogP contribution is -2.50. The van der Waals surface area contributed by atoms with Crippen LogP contribution in [0.3, 0.4) is 0 Å². The highest BCUT2D eigenvalue weighted by Gasteiger charge is 2.46. The second-order valence-corrected chi connectivity index (χ2v) is 22.0. The van der Waals surface area contributed by atoms with Crippen LogP contribution in [0, 0.1) is 11.8 Å². The molecule has 2 fully saturated rings. The van der Waals surface area contributed by atoms with Crippen molar-refractivity contribution in [2.75, 3.05) is 26.2 Å². The third kappa shape index (κ3) is 17.4. The Kier molecular flexibility index (Phi) is 20.8. The minimum atomic E-state index is -2.92. The maximum Gasteiger partial charge on any atom is 0.410 e. The molecular formula is C60H76F4N4O8. The lowest BCUT2D eigenvalue weighted by atomic mass is 9.88. The van der Waals surface area contributed by atoms with Crippen molar-refractivity contribution in [2.24, 2.45) is 11.8 Å². The van der Waals surface area contributed by atoms with Gasteiger partial charge in [0.1, 0.15) is 22.6 Å². The Morgan fingerprint density at radius 3 is 1.22 bits per heavy atom. The SMILES string of the molecule is CCC(=O)c1cc(C(=O)CCC[C@@H]2CN(C(=O)OC(C)(C)C)CCC2(F)F)cc([C@@H](C)c2ccccc2)n1.CCC(=O)c1cc(C(=O)CCC[C@H]2CN(C(=O)OC(C)(C)C)CCC2(F)F)cc([C@@H](C)c2ccccc2)n1. The topological polar surface area (TPSA) is 153 Å². The summed E-state index contributed by atoms with van der Waals surface area (Å²) >= 11 is 0. The molecular weight excluding hydrogens is 981 g/mol. The van der Waals surface area contributed by atoms with Crippen LogP contribution in [-0.2, 0) is 9.47 Å². The predicted octanol–water partition coefficient (Wildman–Crippen LogP) is 14.1. The molecule has 0 N–H and O–H groups in total. The fourth-order valence-electron chi connectivity index (χ4n) is 9.20. The molecule has 4 heterocycles. The van der Waals surface area contributed by atoms with Gasteiger partial charge >= 0.3 is 12.2 Å². The number of carbonyl (C=O) groups is 6. The first-order valence-electron chi connectivity index (χ1n) is 26.6. The Hall–Kier alpha value is -6.32. The number of amides is 2. The molecule has 2 aromatic heterocycles. The van der Waals surface area contributed by atoms with Gasteiger partial charge in [0, 0.05) is 111 Å². The molecule has 412 valence electrons. The van der Waals surface area contributed by atoms with Gasteiger partial charge in [-0.25, -0.2) is 37.1 Å². The molecule has 12 nitrogen and oxygen atoms in total. The zero-order valence-electron chi connectivity index (χ0n) is 45.9. The average molecular weight is 1060 g/mol. The van der Waals surface area contributed by atoms with Crippen molar-refractivity contribution >= 4 is 35.3 Å². The second-order valence-electron chi connectivity index (χ2n) is 22.0. The number of likely N-dealkylation sites (tertiary alicyclic amines) is 2. The minimum absolute atomic E-state index is 0.0575. The molecule has 0 spiro atoms. The first-order valence-corrected chi connectivity index (χ1v) is 26.6. The van der Waals surface area contributed by atoms with E-state index in [1.54, 1.807) is 67.5 Å². The van der Waals surface area contributed by atoms with E-state index in [9.17, 15) is 46.3 Å². The molecule has 0 aliphatic carbocycles. The Labute approximate surface area is 445 Å². The van der Waals surface area contributed by atoms with Gasteiger partial charge in [-0.1, -0.05) is 88.4 Å². The lowest BCUT2D eigenvalue weighted by Gasteiger charge is -2.38. The summed E-state index contributed by atoms with van der Waals surface area (Å²) in [5.41, 5.74) is 3.03. The molecule has 2 amide bonds. The maximum absolute atomic E-state index is 14.7. The Balaban J connectivity index is 0.000000281. The highest BCUT2D eigenvalue weighted by atomic mass is 19.3. The van der Waals surface area contributed by atoms with Gasteiger partial charge in [0.15, 0.2) is 23.1 Å². The van der Waals surface area contributed by atoms with E-state index in [1.165, 1.54) is 21.9 Å². The van der Waals surface area contributed by atoms with Gasteiger partial charge in [0.05, 0.1) is 0 Å². The largest absolute Gasteiger partial charge is 0.444 e. The first-order chi connectivity index (χ1) is 35.6. The maximum atomic E-state index is 14.7. The number of alkyl halides is 4. The second kappa shape index (κ2) is 26.2. The molecule has 0 unspecified atom stereocenters. The molecule has 2 aliphatic heterocycles. The molecule has 4 atom stereocenters. The van der Waals surface area contributed by atoms with Crippen molar-refractivity contribution in [1.29, 1.82) is 0 Å². The number of pyridine rings is 2. The summed E-state index contributed by atoms with van der Waals surface area (Å²) in [5.74, 6) is -8.98. The first kappa shape index (κ1) is 60.5. The van der Waals surface area contributed by atoms with Crippen molar-refractivity contribution in [2.45, 2.75) is 168 Å². The minimum Gasteiger partial charge on any atom is -0.444 e. The molecule has 0 saturated carbocycles. The standard InChI is InChI=1S/2C30H38F2N2O4/c2*1-6-26(35)25-18-22(17-24(33-25)20(2)21-11-8-7-9-12-21)27(36)14-10-13-23-19-34(16-15-30(23,31)32)28(37)38-29(3,4)5/h2*7-9,11-12,17-18,20,23H,6,10,13-16,19H2,1-5H3/t20-,23+;20-,23-/m00/s1. The van der Waals surface area contributed by atoms with Gasteiger partial charge in [-0.2, -0.15) is 0 Å². The van der Waals surface area contributed by atoms with Crippen LogP contribution in [0.4, 0.5) is 27.2 Å². The number of piperidine rings is 2. The Morgan fingerprint density at radius 2 is 0.908 bits per heavy atom. The van der Waals surface area contributed by atoms with Crippen LogP contribution in [0.15, 0.2) is 84.9 Å². The van der Waals surface area contributed by atoms with E-state index in [4.69, 9.17) is 9.47 Å². The van der Waals surface area contributed by atoms with Gasteiger partial charge < -0.3 is 19.3 Å². The third-order valence-corrected chi connectivity index (χ3v) is 13.8. The third-order valence-electron chi connectivity index (χ3n) is 13.8. The van der Waals surface area contributed by atoms with Crippen LogP contribution in [0.1, 0.15) is 209 Å². The van der Waals surface area contributed by atoms with Crippen LogP contribution >= 0.6 is 0 Å². The number of halogens is 4. The van der Waals surface area contributed by atoms with E-state index in [0.29, 0.717) is 22.5 Å². The summed E-state index contributed by atoms with van der Waals surface area (Å²) in [7, 11) is 0. The summed E-state index contributed by atoms with van der Waals surface area (Å²) < 4.78 is 69.4. The van der Waals surface area contributed by atoms with E-state index < -0.39 is 59.9 Å². The molecule has 0 radical (unpaired) electrons. The zero-order chi connectivity index (χ0) is 56.2. The fourth-order valence-corrected chi connectivity index (χ4v) is 9.20. The number of carbonyl (C=O) groups excluding carboxylic acids is 6. The number of rotatable bonds is 18. The summed E-state index contributed by atoms with van der Waals surface area (Å²) in [4.78, 5) is 87.8. The smallest absolute Gasteiger partial charge is 0.410 e. The number of nitrogens with zero attached hydrogens (tertiary/aromatic N) is 4. The summed E-state index contributed by atoms with van der Waals surface area (Å²) in [5, 5.41) is 0. The molecule has 76 heavy (non-hydrogen) atoms. The van der Waals surface area contributed by atoms with Gasteiger partial charge in [0.25, 0.3) is 11.8 Å². The Morgan fingerprint density at radius 1 is 0.566 bits per heavy atom. The molecule has 2 saturated heterocycles. The lowest BCUT2D eigenvalue weighted by molar-refractivity contribution is -0.108. The number of aromatic nitrogens is 2. The van der Waals surface area contributed by atoms with E-state index in [1.807, 2.05) is 74.5 Å². The van der Waals surface area contributed by atoms with E-state index in [2.05, 4.69) is 9.97 Å². The van der Waals surface area contributed by atoms with Crippen molar-refractivity contribution in [3.63, 3.8) is 0 Å². The highest BCUT2D eigenvalue weighted by molar-refractivity contribution is 6.01. The van der Waals surface area contributed by atoms with E-state index >= 15 is 0 Å². The summed E-state index contributed by atoms with van der Waals surface area (Å²) in [6, 6.07) is 25.8. The Bertz CT molecular complexity index is 2470. The number of ketones is 4. The van der Waals surface area contributed by atoms with Crippen LogP contribution in [0.5, 0.6) is 0 Å². The van der Waals surface area contributed by atoms with Gasteiger partial charge in [-0.3, -0.25) is 19.2 Å². The summed E-state index contributed by atoms with van der Waals surface area (Å²) in [6.45, 7) is 17.5. The summed E-state index contributed by atoms with van der Waals surface area (Å²) in [6.07, 6.45) is -0.759. The molecule has 0 bridgehead atoms. The number of Topliss-reactive ketones (excluding diaryl/α,β-unsaturated/α-hetero) is 4. The molecule has 6 rings (SSSR count).